The second-order valence-corrected chi connectivity index (χ2v) is 6.64. The lowest BCUT2D eigenvalue weighted by Crippen LogP contribution is -2.40. The Morgan fingerprint density at radius 1 is 1.30 bits per heavy atom. The number of amides is 1. The van der Waals surface area contributed by atoms with Crippen molar-refractivity contribution in [3.8, 4) is 0 Å². The molecule has 1 fully saturated rings. The van der Waals surface area contributed by atoms with Crippen LogP contribution in [0.2, 0.25) is 0 Å². The smallest absolute Gasteiger partial charge is 0.223 e. The van der Waals surface area contributed by atoms with Crippen molar-refractivity contribution in [2.45, 2.75) is 51.5 Å². The molecule has 1 aliphatic carbocycles. The fourth-order valence-corrected chi connectivity index (χ4v) is 3.44. The van der Waals surface area contributed by atoms with Crippen LogP contribution in [0.3, 0.4) is 0 Å². The number of hydrogen-bond donors (Lipinski definition) is 1. The number of rotatable bonds is 5. The highest BCUT2D eigenvalue weighted by atomic mass is 35.5. The fraction of sp³-hybridized carbons (Fsp3) is 0.611. The van der Waals surface area contributed by atoms with Gasteiger partial charge in [0.25, 0.3) is 0 Å². The van der Waals surface area contributed by atoms with Gasteiger partial charge in [0.1, 0.15) is 5.82 Å². The lowest BCUT2D eigenvalue weighted by atomic mass is 9.71. The number of carbonyl (C=O) groups is 1. The molecule has 0 saturated heterocycles. The van der Waals surface area contributed by atoms with Crippen LogP contribution < -0.4 is 5.73 Å². The minimum absolute atomic E-state index is 0. The molecule has 1 aromatic rings. The molecule has 1 aromatic carbocycles. The lowest BCUT2D eigenvalue weighted by molar-refractivity contribution is -0.134. The molecule has 23 heavy (non-hydrogen) atoms. The van der Waals surface area contributed by atoms with Crippen molar-refractivity contribution in [3.63, 3.8) is 0 Å². The zero-order valence-electron chi connectivity index (χ0n) is 14.1. The molecule has 0 heterocycles. The Morgan fingerprint density at radius 2 is 1.91 bits per heavy atom. The van der Waals surface area contributed by atoms with Gasteiger partial charge in [0.05, 0.1) is 6.04 Å². The van der Waals surface area contributed by atoms with E-state index in [0.717, 1.165) is 25.7 Å². The van der Waals surface area contributed by atoms with Gasteiger partial charge in [-0.1, -0.05) is 37.5 Å². The van der Waals surface area contributed by atoms with Gasteiger partial charge in [-0.15, -0.1) is 12.4 Å². The van der Waals surface area contributed by atoms with E-state index < -0.39 is 0 Å². The minimum atomic E-state index is -0.271. The van der Waals surface area contributed by atoms with Gasteiger partial charge in [0, 0.05) is 19.0 Å². The van der Waals surface area contributed by atoms with Crippen LogP contribution in [0.25, 0.3) is 0 Å². The maximum atomic E-state index is 13.9. The largest absolute Gasteiger partial charge is 0.339 e. The summed E-state index contributed by atoms with van der Waals surface area (Å²) in [7, 11) is 1.76. The van der Waals surface area contributed by atoms with Crippen LogP contribution >= 0.6 is 12.4 Å². The van der Waals surface area contributed by atoms with Gasteiger partial charge >= 0.3 is 0 Å². The molecule has 1 saturated carbocycles. The molecular formula is C18H28ClFN2O. The number of carbonyl (C=O) groups excluding carboxylic acids is 1. The maximum absolute atomic E-state index is 13.9. The van der Waals surface area contributed by atoms with Crippen LogP contribution in [-0.4, -0.2) is 24.4 Å². The van der Waals surface area contributed by atoms with E-state index in [2.05, 4.69) is 0 Å². The highest BCUT2D eigenvalue weighted by molar-refractivity contribution is 5.85. The number of benzene rings is 1. The summed E-state index contributed by atoms with van der Waals surface area (Å²) in [5.41, 5.74) is 6.47. The molecule has 0 spiro atoms. The molecule has 0 radical (unpaired) electrons. The summed E-state index contributed by atoms with van der Waals surface area (Å²) in [5.74, 6) is -0.205. The second-order valence-electron chi connectivity index (χ2n) is 6.64. The standard InChI is InChI=1S/C18H27FN2O.ClH/c1-14(15-8-4-5-9-16(15)19)21(2)17(22)12-18(13-20)10-6-3-7-11-18;/h4-5,8-9,14H,3,6-7,10-13,20H2,1-2H3;1H. The zero-order chi connectivity index (χ0) is 16.2. The molecule has 0 aromatic heterocycles. The summed E-state index contributed by atoms with van der Waals surface area (Å²) >= 11 is 0. The molecule has 0 aliphatic heterocycles. The summed E-state index contributed by atoms with van der Waals surface area (Å²) in [6.07, 6.45) is 6.05. The monoisotopic (exact) mass is 342 g/mol. The van der Waals surface area contributed by atoms with E-state index in [9.17, 15) is 9.18 Å². The van der Waals surface area contributed by atoms with Crippen LogP contribution in [-0.2, 0) is 4.79 Å². The molecule has 3 nitrogen and oxygen atoms in total. The Kier molecular flexibility index (Phi) is 7.49. The molecule has 1 atom stereocenters. The van der Waals surface area contributed by atoms with E-state index >= 15 is 0 Å². The summed E-state index contributed by atoms with van der Waals surface area (Å²) < 4.78 is 13.9. The van der Waals surface area contributed by atoms with Gasteiger partial charge in [-0.05, 0) is 37.8 Å². The van der Waals surface area contributed by atoms with Gasteiger partial charge < -0.3 is 10.6 Å². The van der Waals surface area contributed by atoms with Gasteiger partial charge in [0.2, 0.25) is 5.91 Å². The molecule has 0 bridgehead atoms. The first-order valence-electron chi connectivity index (χ1n) is 8.19. The summed E-state index contributed by atoms with van der Waals surface area (Å²) in [6.45, 7) is 2.42. The first-order chi connectivity index (χ1) is 10.5. The third-order valence-corrected chi connectivity index (χ3v) is 5.20. The summed E-state index contributed by atoms with van der Waals surface area (Å²) in [4.78, 5) is 14.3. The van der Waals surface area contributed by atoms with E-state index in [1.165, 1.54) is 12.5 Å². The Morgan fingerprint density at radius 3 is 2.48 bits per heavy atom. The fourth-order valence-electron chi connectivity index (χ4n) is 3.44. The number of nitrogens with two attached hydrogens (primary N) is 1. The molecule has 5 heteroatoms. The molecule has 130 valence electrons. The van der Waals surface area contributed by atoms with Gasteiger partial charge in [-0.25, -0.2) is 4.39 Å². The lowest BCUT2D eigenvalue weighted by Gasteiger charge is -2.37. The quantitative estimate of drug-likeness (QED) is 0.876. The summed E-state index contributed by atoms with van der Waals surface area (Å²) in [5, 5.41) is 0. The van der Waals surface area contributed by atoms with E-state index in [-0.39, 0.29) is 35.6 Å². The van der Waals surface area contributed by atoms with Crippen LogP contribution in [0.5, 0.6) is 0 Å². The third-order valence-electron chi connectivity index (χ3n) is 5.20. The average Bonchev–Trinajstić information content (AvgIpc) is 2.54. The van der Waals surface area contributed by atoms with Gasteiger partial charge in [0.15, 0.2) is 0 Å². The first kappa shape index (κ1) is 19.9. The predicted molar refractivity (Wildman–Crippen MR) is 94.0 cm³/mol. The normalized spacial score (nSPS) is 17.9. The van der Waals surface area contributed by atoms with Crippen molar-refractivity contribution in [2.24, 2.45) is 11.1 Å². The number of hydrogen-bond acceptors (Lipinski definition) is 2. The summed E-state index contributed by atoms with van der Waals surface area (Å²) in [6, 6.07) is 6.37. The Bertz CT molecular complexity index is 517. The van der Waals surface area contributed by atoms with Crippen molar-refractivity contribution in [1.29, 1.82) is 0 Å². The topological polar surface area (TPSA) is 46.3 Å². The Balaban J connectivity index is 0.00000264. The van der Waals surface area contributed by atoms with Crippen LogP contribution in [0.1, 0.15) is 57.1 Å². The highest BCUT2D eigenvalue weighted by Crippen LogP contribution is 2.39. The molecule has 1 amide bonds. The SMILES string of the molecule is CC(c1ccccc1F)N(C)C(=O)CC1(CN)CCCCC1.Cl. The van der Waals surface area contributed by atoms with Crippen molar-refractivity contribution in [3.05, 3.63) is 35.6 Å². The molecule has 2 rings (SSSR count). The van der Waals surface area contributed by atoms with E-state index in [1.807, 2.05) is 6.92 Å². The highest BCUT2D eigenvalue weighted by Gasteiger charge is 2.34. The second kappa shape index (κ2) is 8.65. The average molecular weight is 343 g/mol. The molecular weight excluding hydrogens is 315 g/mol. The Hall–Kier alpha value is -1.13. The van der Waals surface area contributed by atoms with Gasteiger partial charge in [-0.2, -0.15) is 0 Å². The Labute approximate surface area is 144 Å². The molecule has 1 aliphatic rings. The zero-order valence-corrected chi connectivity index (χ0v) is 14.9. The van der Waals surface area contributed by atoms with Gasteiger partial charge in [-0.3, -0.25) is 4.79 Å². The van der Waals surface area contributed by atoms with E-state index in [4.69, 9.17) is 5.73 Å². The van der Waals surface area contributed by atoms with Crippen molar-refractivity contribution in [2.75, 3.05) is 13.6 Å². The maximum Gasteiger partial charge on any atom is 0.223 e. The predicted octanol–water partition coefficient (Wildman–Crippen LogP) is 4.07. The van der Waals surface area contributed by atoms with Crippen LogP contribution in [0.15, 0.2) is 24.3 Å². The van der Waals surface area contributed by atoms with Crippen molar-refractivity contribution < 1.29 is 9.18 Å². The third kappa shape index (κ3) is 4.67. The first-order valence-corrected chi connectivity index (χ1v) is 8.19. The van der Waals surface area contributed by atoms with E-state index in [1.54, 1.807) is 30.1 Å². The van der Waals surface area contributed by atoms with Crippen LogP contribution in [0, 0.1) is 11.2 Å². The van der Waals surface area contributed by atoms with E-state index in [0.29, 0.717) is 18.5 Å². The molecule has 2 N–H and O–H groups in total. The minimum Gasteiger partial charge on any atom is -0.339 e. The number of nitrogens with zero attached hydrogens (tertiary/aromatic N) is 1. The molecule has 1 unspecified atom stereocenters. The van der Waals surface area contributed by atoms with Crippen molar-refractivity contribution >= 4 is 18.3 Å². The van der Waals surface area contributed by atoms with Crippen LogP contribution in [0.4, 0.5) is 4.39 Å². The van der Waals surface area contributed by atoms with Crippen molar-refractivity contribution in [1.82, 2.24) is 4.90 Å². The number of halogens is 2.